The molecule has 0 spiro atoms. The molecule has 6 aromatic rings. The molecule has 4 aromatic carbocycles. The fourth-order valence-electron chi connectivity index (χ4n) is 6.74. The third kappa shape index (κ3) is 7.41. The normalized spacial score (nSPS) is 12.7. The van der Waals surface area contributed by atoms with Gasteiger partial charge in [0.15, 0.2) is 28.6 Å². The first-order valence-electron chi connectivity index (χ1n) is 17.7. The number of ether oxygens (including phenoxy) is 5. The third-order valence-corrected chi connectivity index (χ3v) is 9.61. The molecule has 1 aliphatic rings. The number of nitrogens with one attached hydrogen (secondary N) is 1. The van der Waals surface area contributed by atoms with Gasteiger partial charge in [0.25, 0.3) is 11.8 Å². The molecule has 1 aliphatic heterocycles. The van der Waals surface area contributed by atoms with Crippen molar-refractivity contribution in [3.63, 3.8) is 0 Å². The summed E-state index contributed by atoms with van der Waals surface area (Å²) in [6.07, 6.45) is 0. The van der Waals surface area contributed by atoms with Crippen LogP contribution in [-0.2, 0) is 6.54 Å². The van der Waals surface area contributed by atoms with Crippen molar-refractivity contribution in [1.29, 1.82) is 0 Å². The van der Waals surface area contributed by atoms with E-state index in [1.54, 1.807) is 55.9 Å². The Bertz CT molecular complexity index is 2310. The zero-order valence-corrected chi connectivity index (χ0v) is 31.4. The van der Waals surface area contributed by atoms with Gasteiger partial charge in [0, 0.05) is 55.6 Å². The minimum absolute atomic E-state index is 0.122. The second-order valence-electron chi connectivity index (χ2n) is 12.8. The molecule has 2 aromatic heterocycles. The number of fused-ring (bicyclic) bond motifs is 1. The molecule has 0 bridgehead atoms. The maximum Gasteiger partial charge on any atom is 0.272 e. The van der Waals surface area contributed by atoms with Crippen molar-refractivity contribution < 1.29 is 33.3 Å². The first-order chi connectivity index (χ1) is 26.8. The summed E-state index contributed by atoms with van der Waals surface area (Å²) in [6, 6.07) is 30.2. The van der Waals surface area contributed by atoms with Gasteiger partial charge in [-0.15, -0.1) is 0 Å². The van der Waals surface area contributed by atoms with E-state index in [0.717, 1.165) is 22.4 Å². The van der Waals surface area contributed by atoms with E-state index in [1.807, 2.05) is 91.0 Å². The molecule has 1 fully saturated rings. The Labute approximate surface area is 319 Å². The fraction of sp³-hybridized carbons (Fsp3) is 0.238. The predicted octanol–water partition coefficient (Wildman–Crippen LogP) is 6.32. The number of aromatic nitrogens is 3. The maximum atomic E-state index is 14.1. The van der Waals surface area contributed by atoms with Crippen molar-refractivity contribution in [3.8, 4) is 51.3 Å². The Morgan fingerprint density at radius 1 is 0.636 bits per heavy atom. The SMILES string of the molecule is COc1ccc(-c2cc(C(=O)N3CCN(C(=O)c4ccccc4NCc4cc(OC)c(OC)c(OC)c4)CC3)nc3cc(-c4ccccc4)nn23)cc1OC. The molecule has 0 radical (unpaired) electrons. The van der Waals surface area contributed by atoms with E-state index in [1.165, 1.54) is 0 Å². The van der Waals surface area contributed by atoms with Gasteiger partial charge >= 0.3 is 0 Å². The van der Waals surface area contributed by atoms with E-state index < -0.39 is 0 Å². The van der Waals surface area contributed by atoms with Gasteiger partial charge in [-0.05, 0) is 54.1 Å². The summed E-state index contributed by atoms with van der Waals surface area (Å²) in [5.74, 6) is 2.38. The van der Waals surface area contributed by atoms with Crippen molar-refractivity contribution >= 4 is 23.1 Å². The number of hydrogen-bond donors (Lipinski definition) is 1. The van der Waals surface area contributed by atoms with Crippen LogP contribution in [0.3, 0.4) is 0 Å². The van der Waals surface area contributed by atoms with E-state index in [0.29, 0.717) is 84.1 Å². The highest BCUT2D eigenvalue weighted by atomic mass is 16.5. The van der Waals surface area contributed by atoms with Gasteiger partial charge in [-0.1, -0.05) is 42.5 Å². The van der Waals surface area contributed by atoms with E-state index >= 15 is 0 Å². The number of amides is 2. The number of para-hydroxylation sites is 1. The quantitative estimate of drug-likeness (QED) is 0.152. The molecule has 55 heavy (non-hydrogen) atoms. The number of methoxy groups -OCH3 is 5. The van der Waals surface area contributed by atoms with E-state index in [2.05, 4.69) is 5.32 Å². The Hall–Kier alpha value is -6.76. The zero-order chi connectivity index (χ0) is 38.5. The number of carbonyl (C=O) groups excluding carboxylic acids is 2. The lowest BCUT2D eigenvalue weighted by Gasteiger charge is -2.35. The monoisotopic (exact) mass is 742 g/mol. The molecule has 13 heteroatoms. The highest BCUT2D eigenvalue weighted by Crippen LogP contribution is 2.38. The minimum Gasteiger partial charge on any atom is -0.493 e. The van der Waals surface area contributed by atoms with Crippen LogP contribution in [0, 0.1) is 0 Å². The summed E-state index contributed by atoms with van der Waals surface area (Å²) >= 11 is 0. The second-order valence-corrected chi connectivity index (χ2v) is 12.8. The van der Waals surface area contributed by atoms with E-state index in [9.17, 15) is 9.59 Å². The summed E-state index contributed by atoms with van der Waals surface area (Å²) in [4.78, 5) is 36.3. The molecule has 282 valence electrons. The van der Waals surface area contributed by atoms with E-state index in [-0.39, 0.29) is 17.5 Å². The average Bonchev–Trinajstić information content (AvgIpc) is 3.69. The number of benzene rings is 4. The molecule has 1 N–H and O–H groups in total. The van der Waals surface area contributed by atoms with Crippen LogP contribution in [0.15, 0.2) is 97.1 Å². The Morgan fingerprint density at radius 2 is 1.27 bits per heavy atom. The lowest BCUT2D eigenvalue weighted by molar-refractivity contribution is 0.0533. The van der Waals surface area contributed by atoms with Crippen molar-refractivity contribution in [2.45, 2.75) is 6.54 Å². The topological polar surface area (TPSA) is 129 Å². The van der Waals surface area contributed by atoms with Gasteiger partial charge in [-0.3, -0.25) is 9.59 Å². The molecule has 2 amide bonds. The van der Waals surface area contributed by atoms with Gasteiger partial charge in [0.2, 0.25) is 5.75 Å². The molecule has 0 atom stereocenters. The molecule has 3 heterocycles. The number of anilines is 1. The summed E-state index contributed by atoms with van der Waals surface area (Å²) in [5.41, 5.74) is 6.01. The Morgan fingerprint density at radius 3 is 1.93 bits per heavy atom. The van der Waals surface area contributed by atoms with E-state index in [4.69, 9.17) is 33.8 Å². The van der Waals surface area contributed by atoms with Crippen LogP contribution in [0.25, 0.3) is 28.2 Å². The highest BCUT2D eigenvalue weighted by molar-refractivity contribution is 6.00. The molecule has 0 saturated carbocycles. The lowest BCUT2D eigenvalue weighted by Crippen LogP contribution is -2.50. The molecule has 7 rings (SSSR count). The van der Waals surface area contributed by atoms with Crippen molar-refractivity contribution in [2.75, 3.05) is 67.0 Å². The summed E-state index contributed by atoms with van der Waals surface area (Å²) < 4.78 is 29.3. The first kappa shape index (κ1) is 36.6. The van der Waals surface area contributed by atoms with Crippen LogP contribution in [0.4, 0.5) is 5.69 Å². The Balaban J connectivity index is 1.10. The van der Waals surface area contributed by atoms with Gasteiger partial charge in [-0.2, -0.15) is 5.10 Å². The van der Waals surface area contributed by atoms with Crippen LogP contribution in [0.5, 0.6) is 28.7 Å². The highest BCUT2D eigenvalue weighted by Gasteiger charge is 2.28. The molecular weight excluding hydrogens is 700 g/mol. The standard InChI is InChI=1S/C42H42N6O7/c1-51-35-16-15-29(23-36(35)52-2)34-24-33(44-39-25-32(45-48(34)39)28-11-7-6-8-12-28)42(50)47-19-17-46(18-20-47)41(49)30-13-9-10-14-31(30)43-26-27-21-37(53-3)40(55-5)38(22-27)54-4/h6-16,21-25,43H,17-20,26H2,1-5H3. The summed E-state index contributed by atoms with van der Waals surface area (Å²) in [7, 11) is 7.87. The van der Waals surface area contributed by atoms with Crippen LogP contribution < -0.4 is 29.0 Å². The average molecular weight is 743 g/mol. The first-order valence-corrected chi connectivity index (χ1v) is 17.7. The molecule has 0 unspecified atom stereocenters. The number of hydrogen-bond acceptors (Lipinski definition) is 10. The number of rotatable bonds is 12. The van der Waals surface area contributed by atoms with Crippen LogP contribution in [-0.4, -0.2) is 97.9 Å². The molecule has 0 aliphatic carbocycles. The molecule has 1 saturated heterocycles. The molecule has 13 nitrogen and oxygen atoms in total. The van der Waals surface area contributed by atoms with Crippen molar-refractivity contribution in [1.82, 2.24) is 24.4 Å². The second kappa shape index (κ2) is 16.1. The third-order valence-electron chi connectivity index (χ3n) is 9.61. The van der Waals surface area contributed by atoms with Crippen molar-refractivity contribution in [2.24, 2.45) is 0 Å². The summed E-state index contributed by atoms with van der Waals surface area (Å²) in [5, 5.41) is 8.28. The lowest BCUT2D eigenvalue weighted by atomic mass is 10.1. The molecular formula is C42H42N6O7. The van der Waals surface area contributed by atoms with Gasteiger partial charge < -0.3 is 38.8 Å². The number of piperazine rings is 1. The minimum atomic E-state index is -0.230. The van der Waals surface area contributed by atoms with Crippen LogP contribution in [0.1, 0.15) is 26.4 Å². The maximum absolute atomic E-state index is 14.1. The smallest absolute Gasteiger partial charge is 0.272 e. The van der Waals surface area contributed by atoms with Gasteiger partial charge in [0.05, 0.1) is 52.5 Å². The van der Waals surface area contributed by atoms with Crippen LogP contribution in [0.2, 0.25) is 0 Å². The Kier molecular flexibility index (Phi) is 10.7. The van der Waals surface area contributed by atoms with Gasteiger partial charge in [-0.25, -0.2) is 9.50 Å². The van der Waals surface area contributed by atoms with Crippen LogP contribution >= 0.6 is 0 Å². The number of carbonyl (C=O) groups is 2. The zero-order valence-electron chi connectivity index (χ0n) is 31.4. The summed E-state index contributed by atoms with van der Waals surface area (Å²) in [6.45, 7) is 1.83. The van der Waals surface area contributed by atoms with Gasteiger partial charge in [0.1, 0.15) is 5.69 Å². The largest absolute Gasteiger partial charge is 0.493 e. The van der Waals surface area contributed by atoms with Crippen molar-refractivity contribution in [3.05, 3.63) is 114 Å². The predicted molar refractivity (Wildman–Crippen MR) is 209 cm³/mol. The fourth-order valence-corrected chi connectivity index (χ4v) is 6.74. The number of nitrogens with zero attached hydrogens (tertiary/aromatic N) is 5.